The first kappa shape index (κ1) is 9.73. The molecule has 3 rings (SSSR count). The van der Waals surface area contributed by atoms with E-state index in [0.29, 0.717) is 6.10 Å². The Morgan fingerprint density at radius 3 is 3.00 bits per heavy atom. The second-order valence-electron chi connectivity index (χ2n) is 4.30. The van der Waals surface area contributed by atoms with Gasteiger partial charge in [-0.3, -0.25) is 0 Å². The van der Waals surface area contributed by atoms with Crippen molar-refractivity contribution in [2.24, 2.45) is 0 Å². The molecule has 16 heavy (non-hydrogen) atoms. The summed E-state index contributed by atoms with van der Waals surface area (Å²) in [5.74, 6) is 0.907. The van der Waals surface area contributed by atoms with Crippen LogP contribution in [-0.2, 0) is 11.2 Å². The van der Waals surface area contributed by atoms with Gasteiger partial charge in [-0.1, -0.05) is 0 Å². The number of aromatic nitrogens is 1. The second kappa shape index (κ2) is 3.52. The summed E-state index contributed by atoms with van der Waals surface area (Å²) < 4.78 is 10.6. The van der Waals surface area contributed by atoms with Gasteiger partial charge >= 0.3 is 0 Å². The molecule has 3 heteroatoms. The summed E-state index contributed by atoms with van der Waals surface area (Å²) >= 11 is 0. The molecule has 3 nitrogen and oxygen atoms in total. The molecule has 1 aliphatic rings. The van der Waals surface area contributed by atoms with Gasteiger partial charge in [-0.2, -0.15) is 0 Å². The summed E-state index contributed by atoms with van der Waals surface area (Å²) in [5.41, 5.74) is 3.77. The lowest BCUT2D eigenvalue weighted by atomic mass is 10.1. The predicted octanol–water partition coefficient (Wildman–Crippen LogP) is 2.43. The number of aromatic amines is 1. The largest absolute Gasteiger partial charge is 0.497 e. The Balaban J connectivity index is 2.11. The van der Waals surface area contributed by atoms with Gasteiger partial charge in [-0.25, -0.2) is 0 Å². The van der Waals surface area contributed by atoms with Crippen LogP contribution in [0.1, 0.15) is 11.3 Å². The highest BCUT2D eigenvalue weighted by Crippen LogP contribution is 2.29. The second-order valence-corrected chi connectivity index (χ2v) is 4.30. The fraction of sp³-hybridized carbons (Fsp3) is 0.385. The quantitative estimate of drug-likeness (QED) is 0.802. The molecule has 0 bridgehead atoms. The number of hydrogen-bond donors (Lipinski definition) is 1. The minimum Gasteiger partial charge on any atom is -0.497 e. The van der Waals surface area contributed by atoms with Crippen LogP contribution in [0, 0.1) is 6.92 Å². The standard InChI is InChI=1S/C13H15NO2/c1-8-11(6-10-7-16-10)12-5-9(15-2)3-4-13(12)14-8/h3-5,10,14H,6-7H2,1-2H3. The normalized spacial score (nSPS) is 19.0. The van der Waals surface area contributed by atoms with Crippen molar-refractivity contribution in [2.45, 2.75) is 19.4 Å². The summed E-state index contributed by atoms with van der Waals surface area (Å²) in [5, 5.41) is 1.26. The van der Waals surface area contributed by atoms with Gasteiger partial charge in [0.05, 0.1) is 19.8 Å². The zero-order valence-electron chi connectivity index (χ0n) is 9.54. The molecule has 2 heterocycles. The predicted molar refractivity (Wildman–Crippen MR) is 63.0 cm³/mol. The number of benzene rings is 1. The van der Waals surface area contributed by atoms with E-state index < -0.39 is 0 Å². The van der Waals surface area contributed by atoms with Crippen LogP contribution in [-0.4, -0.2) is 24.8 Å². The van der Waals surface area contributed by atoms with Crippen LogP contribution < -0.4 is 4.74 Å². The van der Waals surface area contributed by atoms with Gasteiger partial charge in [0.15, 0.2) is 0 Å². The fourth-order valence-electron chi connectivity index (χ4n) is 2.17. The van der Waals surface area contributed by atoms with Gasteiger partial charge in [0.25, 0.3) is 0 Å². The average Bonchev–Trinajstić information content (AvgIpc) is 3.05. The van der Waals surface area contributed by atoms with Crippen LogP contribution >= 0.6 is 0 Å². The Hall–Kier alpha value is -1.48. The van der Waals surface area contributed by atoms with Crippen molar-refractivity contribution in [2.75, 3.05) is 13.7 Å². The van der Waals surface area contributed by atoms with E-state index in [4.69, 9.17) is 9.47 Å². The summed E-state index contributed by atoms with van der Waals surface area (Å²) in [6, 6.07) is 6.14. The smallest absolute Gasteiger partial charge is 0.119 e. The molecule has 1 fully saturated rings. The molecule has 1 atom stereocenters. The molecule has 0 aliphatic carbocycles. The maximum Gasteiger partial charge on any atom is 0.119 e. The van der Waals surface area contributed by atoms with Crippen molar-refractivity contribution in [3.05, 3.63) is 29.5 Å². The van der Waals surface area contributed by atoms with Crippen molar-refractivity contribution in [1.82, 2.24) is 4.98 Å². The first-order valence-corrected chi connectivity index (χ1v) is 5.54. The van der Waals surface area contributed by atoms with Crippen molar-refractivity contribution < 1.29 is 9.47 Å². The highest BCUT2D eigenvalue weighted by atomic mass is 16.6. The lowest BCUT2D eigenvalue weighted by Gasteiger charge is -2.01. The number of ether oxygens (including phenoxy) is 2. The number of fused-ring (bicyclic) bond motifs is 1. The number of aryl methyl sites for hydroxylation is 1. The number of nitrogens with one attached hydrogen (secondary N) is 1. The van der Waals surface area contributed by atoms with Crippen molar-refractivity contribution in [3.63, 3.8) is 0 Å². The van der Waals surface area contributed by atoms with E-state index in [0.717, 1.165) is 18.8 Å². The summed E-state index contributed by atoms with van der Waals surface area (Å²) in [6.07, 6.45) is 1.42. The summed E-state index contributed by atoms with van der Waals surface area (Å²) in [7, 11) is 1.70. The molecule has 1 aromatic heterocycles. The summed E-state index contributed by atoms with van der Waals surface area (Å²) in [6.45, 7) is 3.01. The van der Waals surface area contributed by atoms with Gasteiger partial charge in [0.2, 0.25) is 0 Å². The van der Waals surface area contributed by atoms with E-state index in [9.17, 15) is 0 Å². The molecule has 0 radical (unpaired) electrons. The molecule has 0 spiro atoms. The highest BCUT2D eigenvalue weighted by molar-refractivity contribution is 5.86. The monoisotopic (exact) mass is 217 g/mol. The molecule has 1 aromatic carbocycles. The van der Waals surface area contributed by atoms with Crippen LogP contribution in [0.3, 0.4) is 0 Å². The van der Waals surface area contributed by atoms with Crippen LogP contribution in [0.4, 0.5) is 0 Å². The number of epoxide rings is 1. The highest BCUT2D eigenvalue weighted by Gasteiger charge is 2.25. The van der Waals surface area contributed by atoms with E-state index in [2.05, 4.69) is 24.0 Å². The zero-order chi connectivity index (χ0) is 11.1. The molecule has 0 saturated carbocycles. The lowest BCUT2D eigenvalue weighted by molar-refractivity contribution is 0.407. The Labute approximate surface area is 94.4 Å². The maximum atomic E-state index is 5.30. The maximum absolute atomic E-state index is 5.30. The molecule has 84 valence electrons. The van der Waals surface area contributed by atoms with E-state index in [1.165, 1.54) is 22.2 Å². The Morgan fingerprint density at radius 2 is 2.31 bits per heavy atom. The van der Waals surface area contributed by atoms with Crippen LogP contribution in [0.25, 0.3) is 10.9 Å². The van der Waals surface area contributed by atoms with Crippen molar-refractivity contribution in [1.29, 1.82) is 0 Å². The fourth-order valence-corrected chi connectivity index (χ4v) is 2.17. The Morgan fingerprint density at radius 1 is 1.50 bits per heavy atom. The zero-order valence-corrected chi connectivity index (χ0v) is 9.54. The SMILES string of the molecule is COc1ccc2[nH]c(C)c(CC3CO3)c2c1. The minimum absolute atomic E-state index is 0.420. The number of methoxy groups -OCH3 is 1. The van der Waals surface area contributed by atoms with Gasteiger partial charge in [0, 0.05) is 23.0 Å². The number of hydrogen-bond acceptors (Lipinski definition) is 2. The molecular weight excluding hydrogens is 202 g/mol. The van der Waals surface area contributed by atoms with Crippen LogP contribution in [0.2, 0.25) is 0 Å². The third kappa shape index (κ3) is 1.57. The van der Waals surface area contributed by atoms with Crippen molar-refractivity contribution in [3.8, 4) is 5.75 Å². The third-order valence-corrected chi connectivity index (χ3v) is 3.16. The number of H-pyrrole nitrogens is 1. The molecule has 0 amide bonds. The van der Waals surface area contributed by atoms with Gasteiger partial charge in [-0.05, 0) is 30.7 Å². The summed E-state index contributed by atoms with van der Waals surface area (Å²) in [4.78, 5) is 3.40. The van der Waals surface area contributed by atoms with E-state index in [1.807, 2.05) is 6.07 Å². The molecular formula is C13H15NO2. The molecule has 1 saturated heterocycles. The topological polar surface area (TPSA) is 37.5 Å². The average molecular weight is 217 g/mol. The van der Waals surface area contributed by atoms with Crippen molar-refractivity contribution >= 4 is 10.9 Å². The third-order valence-electron chi connectivity index (χ3n) is 3.16. The van der Waals surface area contributed by atoms with Gasteiger partial charge in [-0.15, -0.1) is 0 Å². The van der Waals surface area contributed by atoms with E-state index >= 15 is 0 Å². The van der Waals surface area contributed by atoms with Gasteiger partial charge in [0.1, 0.15) is 5.75 Å². The first-order valence-electron chi connectivity index (χ1n) is 5.54. The minimum atomic E-state index is 0.420. The Kier molecular flexibility index (Phi) is 2.14. The van der Waals surface area contributed by atoms with Gasteiger partial charge < -0.3 is 14.5 Å². The molecule has 1 unspecified atom stereocenters. The van der Waals surface area contributed by atoms with Crippen LogP contribution in [0.15, 0.2) is 18.2 Å². The number of rotatable bonds is 3. The molecule has 1 N–H and O–H groups in total. The molecule has 2 aromatic rings. The van der Waals surface area contributed by atoms with Crippen LogP contribution in [0.5, 0.6) is 5.75 Å². The lowest BCUT2D eigenvalue weighted by Crippen LogP contribution is -1.94. The van der Waals surface area contributed by atoms with E-state index in [1.54, 1.807) is 7.11 Å². The van der Waals surface area contributed by atoms with E-state index in [-0.39, 0.29) is 0 Å². The first-order chi connectivity index (χ1) is 7.78. The molecule has 1 aliphatic heterocycles. The Bertz CT molecular complexity index is 526.